The minimum atomic E-state index is -0.977. The van der Waals surface area contributed by atoms with E-state index in [2.05, 4.69) is 5.32 Å². The first-order chi connectivity index (χ1) is 7.04. The lowest BCUT2D eigenvalue weighted by Gasteiger charge is -2.26. The zero-order valence-electron chi connectivity index (χ0n) is 8.19. The molecule has 1 saturated heterocycles. The van der Waals surface area contributed by atoms with Gasteiger partial charge in [0.2, 0.25) is 5.91 Å². The normalized spacial score (nSPS) is 30.2. The van der Waals surface area contributed by atoms with Gasteiger partial charge in [-0.15, -0.1) is 0 Å². The van der Waals surface area contributed by atoms with Gasteiger partial charge in [-0.05, 0) is 22.4 Å². The van der Waals surface area contributed by atoms with Crippen LogP contribution in [0.2, 0.25) is 0 Å². The van der Waals surface area contributed by atoms with Crippen LogP contribution in [0.4, 0.5) is 0 Å². The van der Waals surface area contributed by atoms with Gasteiger partial charge in [0.05, 0.1) is 0 Å². The Labute approximate surface area is 90.9 Å². The van der Waals surface area contributed by atoms with E-state index in [0.717, 1.165) is 5.56 Å². The van der Waals surface area contributed by atoms with Crippen molar-refractivity contribution in [1.29, 1.82) is 0 Å². The SMILES string of the molecule is CC1(c2ccsc2)CC(=O)NC1C(=O)O. The number of amides is 1. The number of thiophene rings is 1. The molecular weight excluding hydrogens is 214 g/mol. The van der Waals surface area contributed by atoms with Crippen molar-refractivity contribution in [2.45, 2.75) is 24.8 Å². The molecule has 1 amide bonds. The van der Waals surface area contributed by atoms with Crippen LogP contribution in [0, 0.1) is 0 Å². The topological polar surface area (TPSA) is 66.4 Å². The number of hydrogen-bond acceptors (Lipinski definition) is 3. The Morgan fingerprint density at radius 2 is 2.47 bits per heavy atom. The average Bonchev–Trinajstić information content (AvgIpc) is 2.72. The van der Waals surface area contributed by atoms with Crippen molar-refractivity contribution in [3.8, 4) is 0 Å². The molecule has 2 heterocycles. The third-order valence-corrected chi connectivity index (χ3v) is 3.58. The highest BCUT2D eigenvalue weighted by Crippen LogP contribution is 2.36. The van der Waals surface area contributed by atoms with E-state index < -0.39 is 17.4 Å². The predicted octanol–water partition coefficient (Wildman–Crippen LogP) is 0.979. The van der Waals surface area contributed by atoms with Crippen molar-refractivity contribution >= 4 is 23.2 Å². The third-order valence-electron chi connectivity index (χ3n) is 2.90. The second-order valence-corrected chi connectivity index (χ2v) is 4.73. The summed E-state index contributed by atoms with van der Waals surface area (Å²) in [6.07, 6.45) is 0.237. The molecule has 80 valence electrons. The van der Waals surface area contributed by atoms with E-state index in [1.807, 2.05) is 23.8 Å². The van der Waals surface area contributed by atoms with E-state index in [0.29, 0.717) is 0 Å². The lowest BCUT2D eigenvalue weighted by atomic mass is 9.77. The standard InChI is InChI=1S/C10H11NO3S/c1-10(6-2-3-15-5-6)4-7(12)11-8(10)9(13)14/h2-3,5,8H,4H2,1H3,(H,11,12)(H,13,14). The predicted molar refractivity (Wildman–Crippen MR) is 55.9 cm³/mol. The van der Waals surface area contributed by atoms with Gasteiger partial charge < -0.3 is 10.4 Å². The highest BCUT2D eigenvalue weighted by molar-refractivity contribution is 7.08. The van der Waals surface area contributed by atoms with E-state index in [9.17, 15) is 9.59 Å². The molecule has 1 aliphatic heterocycles. The second kappa shape index (κ2) is 3.34. The number of carbonyl (C=O) groups is 2. The van der Waals surface area contributed by atoms with Crippen LogP contribution in [0.15, 0.2) is 16.8 Å². The van der Waals surface area contributed by atoms with Crippen molar-refractivity contribution in [2.24, 2.45) is 0 Å². The van der Waals surface area contributed by atoms with Crippen LogP contribution in [0.1, 0.15) is 18.9 Å². The van der Waals surface area contributed by atoms with E-state index in [1.165, 1.54) is 11.3 Å². The second-order valence-electron chi connectivity index (χ2n) is 3.95. The largest absolute Gasteiger partial charge is 0.480 e. The molecule has 0 bridgehead atoms. The minimum Gasteiger partial charge on any atom is -0.480 e. The van der Waals surface area contributed by atoms with E-state index in [4.69, 9.17) is 5.11 Å². The molecule has 1 aromatic rings. The van der Waals surface area contributed by atoms with E-state index in [1.54, 1.807) is 0 Å². The first kappa shape index (κ1) is 10.2. The van der Waals surface area contributed by atoms with Gasteiger partial charge >= 0.3 is 5.97 Å². The van der Waals surface area contributed by atoms with Crippen molar-refractivity contribution in [3.63, 3.8) is 0 Å². The monoisotopic (exact) mass is 225 g/mol. The molecule has 0 aliphatic carbocycles. The number of hydrogen-bond donors (Lipinski definition) is 2. The maximum atomic E-state index is 11.3. The Bertz CT molecular complexity index is 401. The maximum absolute atomic E-state index is 11.3. The van der Waals surface area contributed by atoms with Crippen LogP contribution in [0.5, 0.6) is 0 Å². The molecule has 2 atom stereocenters. The first-order valence-corrected chi connectivity index (χ1v) is 5.53. The molecule has 0 saturated carbocycles. The Morgan fingerprint density at radius 3 is 3.00 bits per heavy atom. The quantitative estimate of drug-likeness (QED) is 0.788. The molecule has 1 fully saturated rings. The minimum absolute atomic E-state index is 0.198. The molecular formula is C10H11NO3S. The smallest absolute Gasteiger partial charge is 0.327 e. The number of carboxylic acids is 1. The van der Waals surface area contributed by atoms with Crippen molar-refractivity contribution < 1.29 is 14.7 Å². The molecule has 0 aromatic carbocycles. The molecule has 2 rings (SSSR count). The van der Waals surface area contributed by atoms with Gasteiger partial charge in [0, 0.05) is 11.8 Å². The lowest BCUT2D eigenvalue weighted by Crippen LogP contribution is -2.44. The van der Waals surface area contributed by atoms with Crippen molar-refractivity contribution in [2.75, 3.05) is 0 Å². The zero-order chi connectivity index (χ0) is 11.1. The van der Waals surface area contributed by atoms with Crippen LogP contribution in [0.3, 0.4) is 0 Å². The van der Waals surface area contributed by atoms with Gasteiger partial charge in [0.15, 0.2) is 0 Å². The Hall–Kier alpha value is -1.36. The van der Waals surface area contributed by atoms with E-state index >= 15 is 0 Å². The first-order valence-electron chi connectivity index (χ1n) is 4.59. The molecule has 5 heteroatoms. The summed E-state index contributed by atoms with van der Waals surface area (Å²) in [5.41, 5.74) is 0.293. The summed E-state index contributed by atoms with van der Waals surface area (Å²) >= 11 is 1.51. The Morgan fingerprint density at radius 1 is 1.73 bits per heavy atom. The van der Waals surface area contributed by atoms with Crippen LogP contribution < -0.4 is 5.32 Å². The average molecular weight is 225 g/mol. The number of carboxylic acid groups (broad SMARTS) is 1. The van der Waals surface area contributed by atoms with Crippen LogP contribution >= 0.6 is 11.3 Å². The van der Waals surface area contributed by atoms with Crippen molar-refractivity contribution in [3.05, 3.63) is 22.4 Å². The zero-order valence-corrected chi connectivity index (χ0v) is 9.00. The van der Waals surface area contributed by atoms with Crippen molar-refractivity contribution in [1.82, 2.24) is 5.32 Å². The molecule has 1 aromatic heterocycles. The molecule has 1 aliphatic rings. The molecule has 2 N–H and O–H groups in total. The molecule has 0 radical (unpaired) electrons. The van der Waals surface area contributed by atoms with Gasteiger partial charge in [0.25, 0.3) is 0 Å². The van der Waals surface area contributed by atoms with E-state index in [-0.39, 0.29) is 12.3 Å². The highest BCUT2D eigenvalue weighted by atomic mass is 32.1. The van der Waals surface area contributed by atoms with Gasteiger partial charge in [-0.25, -0.2) is 4.79 Å². The summed E-state index contributed by atoms with van der Waals surface area (Å²) in [5.74, 6) is -1.18. The number of carbonyl (C=O) groups excluding carboxylic acids is 1. The summed E-state index contributed by atoms with van der Waals surface area (Å²) in [5, 5.41) is 15.3. The number of aliphatic carboxylic acids is 1. The fraction of sp³-hybridized carbons (Fsp3) is 0.400. The molecule has 0 spiro atoms. The maximum Gasteiger partial charge on any atom is 0.327 e. The molecule has 4 nitrogen and oxygen atoms in total. The number of rotatable bonds is 2. The fourth-order valence-electron chi connectivity index (χ4n) is 2.00. The number of nitrogens with one attached hydrogen (secondary N) is 1. The summed E-state index contributed by atoms with van der Waals surface area (Å²) in [6, 6.07) is 1.06. The van der Waals surface area contributed by atoms with Gasteiger partial charge in [-0.1, -0.05) is 6.92 Å². The Kier molecular flexibility index (Phi) is 2.26. The molecule has 2 unspecified atom stereocenters. The van der Waals surface area contributed by atoms with Crippen LogP contribution in [-0.2, 0) is 15.0 Å². The highest BCUT2D eigenvalue weighted by Gasteiger charge is 2.48. The summed E-state index contributed by atoms with van der Waals surface area (Å²) < 4.78 is 0. The summed E-state index contributed by atoms with van der Waals surface area (Å²) in [7, 11) is 0. The van der Waals surface area contributed by atoms with Gasteiger partial charge in [0.1, 0.15) is 6.04 Å². The third kappa shape index (κ3) is 1.52. The summed E-state index contributed by atoms with van der Waals surface area (Å²) in [4.78, 5) is 22.3. The molecule has 15 heavy (non-hydrogen) atoms. The Balaban J connectivity index is 2.41. The lowest BCUT2D eigenvalue weighted by molar-refractivity contribution is -0.141. The van der Waals surface area contributed by atoms with Crippen LogP contribution in [0.25, 0.3) is 0 Å². The fourth-order valence-corrected chi connectivity index (χ4v) is 2.80. The summed E-state index contributed by atoms with van der Waals surface area (Å²) in [6.45, 7) is 1.81. The van der Waals surface area contributed by atoms with Gasteiger partial charge in [-0.2, -0.15) is 11.3 Å². The van der Waals surface area contributed by atoms with Crippen LogP contribution in [-0.4, -0.2) is 23.0 Å². The van der Waals surface area contributed by atoms with Gasteiger partial charge in [-0.3, -0.25) is 4.79 Å².